The predicted molar refractivity (Wildman–Crippen MR) is 69.6 cm³/mol. The van der Waals surface area contributed by atoms with Gasteiger partial charge in [0.1, 0.15) is 0 Å². The average Bonchev–Trinajstić information content (AvgIpc) is 2.37. The summed E-state index contributed by atoms with van der Waals surface area (Å²) >= 11 is 0. The van der Waals surface area contributed by atoms with Crippen LogP contribution in [-0.2, 0) is 14.8 Å². The van der Waals surface area contributed by atoms with Gasteiger partial charge in [0.15, 0.2) is 0 Å². The molecule has 0 aliphatic carbocycles. The third-order valence-electron chi connectivity index (χ3n) is 2.48. The van der Waals surface area contributed by atoms with Crippen molar-refractivity contribution in [2.75, 3.05) is 20.3 Å². The van der Waals surface area contributed by atoms with Crippen molar-refractivity contribution in [3.05, 3.63) is 29.8 Å². The highest BCUT2D eigenvalue weighted by atomic mass is 32.2. The molecular weight excluding hydrogens is 270 g/mol. The van der Waals surface area contributed by atoms with Crippen molar-refractivity contribution in [2.24, 2.45) is 5.92 Å². The van der Waals surface area contributed by atoms with Gasteiger partial charge in [0.2, 0.25) is 10.0 Å². The molecule has 0 aromatic heterocycles. The highest BCUT2D eigenvalue weighted by Crippen LogP contribution is 2.11. The van der Waals surface area contributed by atoms with Crippen LogP contribution in [0.1, 0.15) is 17.3 Å². The molecule has 0 aliphatic heterocycles. The van der Waals surface area contributed by atoms with Crippen LogP contribution in [0.5, 0.6) is 0 Å². The molecule has 2 N–H and O–H groups in total. The first-order valence-corrected chi connectivity index (χ1v) is 7.17. The second kappa shape index (κ2) is 6.65. The van der Waals surface area contributed by atoms with Gasteiger partial charge < -0.3 is 9.84 Å². The van der Waals surface area contributed by atoms with Crippen molar-refractivity contribution < 1.29 is 23.1 Å². The van der Waals surface area contributed by atoms with Crippen LogP contribution in [0.4, 0.5) is 0 Å². The van der Waals surface area contributed by atoms with E-state index in [1.165, 1.54) is 24.3 Å². The molecule has 0 amide bonds. The topological polar surface area (TPSA) is 92.7 Å². The Labute approximate surface area is 112 Å². The monoisotopic (exact) mass is 287 g/mol. The number of benzene rings is 1. The summed E-state index contributed by atoms with van der Waals surface area (Å²) in [5.74, 6) is -1.04. The molecule has 1 atom stereocenters. The largest absolute Gasteiger partial charge is 0.478 e. The van der Waals surface area contributed by atoms with E-state index in [4.69, 9.17) is 9.84 Å². The fraction of sp³-hybridized carbons (Fsp3) is 0.417. The fourth-order valence-electron chi connectivity index (χ4n) is 1.46. The summed E-state index contributed by atoms with van der Waals surface area (Å²) in [5.41, 5.74) is 0.0479. The molecule has 0 spiro atoms. The van der Waals surface area contributed by atoms with Crippen molar-refractivity contribution >= 4 is 16.0 Å². The molecule has 106 valence electrons. The zero-order chi connectivity index (χ0) is 14.5. The minimum Gasteiger partial charge on any atom is -0.478 e. The van der Waals surface area contributed by atoms with Gasteiger partial charge in [-0.1, -0.05) is 6.92 Å². The van der Waals surface area contributed by atoms with E-state index >= 15 is 0 Å². The Kier molecular flexibility index (Phi) is 5.46. The molecule has 19 heavy (non-hydrogen) atoms. The van der Waals surface area contributed by atoms with Crippen LogP contribution in [0.3, 0.4) is 0 Å². The van der Waals surface area contributed by atoms with Crippen LogP contribution in [0, 0.1) is 5.92 Å². The molecular formula is C12H17NO5S. The van der Waals surface area contributed by atoms with E-state index < -0.39 is 16.0 Å². The second-order valence-corrected chi connectivity index (χ2v) is 6.01. The first-order chi connectivity index (χ1) is 8.86. The lowest BCUT2D eigenvalue weighted by Gasteiger charge is -2.12. The van der Waals surface area contributed by atoms with Crippen molar-refractivity contribution in [3.63, 3.8) is 0 Å². The summed E-state index contributed by atoms with van der Waals surface area (Å²) in [6.45, 7) is 2.58. The fourth-order valence-corrected chi connectivity index (χ4v) is 2.62. The average molecular weight is 287 g/mol. The molecule has 1 aromatic carbocycles. The molecule has 0 saturated carbocycles. The normalized spacial score (nSPS) is 13.2. The van der Waals surface area contributed by atoms with E-state index in [0.29, 0.717) is 6.61 Å². The maximum Gasteiger partial charge on any atom is 0.335 e. The van der Waals surface area contributed by atoms with Gasteiger partial charge >= 0.3 is 5.97 Å². The highest BCUT2D eigenvalue weighted by Gasteiger charge is 2.15. The quantitative estimate of drug-likeness (QED) is 0.778. The predicted octanol–water partition coefficient (Wildman–Crippen LogP) is 0.946. The first-order valence-electron chi connectivity index (χ1n) is 5.69. The SMILES string of the molecule is COCC(C)CNS(=O)(=O)c1ccc(C(=O)O)cc1. The first kappa shape index (κ1) is 15.6. The number of rotatable bonds is 7. The van der Waals surface area contributed by atoms with E-state index in [0.717, 1.165) is 0 Å². The van der Waals surface area contributed by atoms with Crippen LogP contribution < -0.4 is 4.72 Å². The lowest BCUT2D eigenvalue weighted by molar-refractivity contribution is 0.0696. The van der Waals surface area contributed by atoms with Gasteiger partial charge in [0.05, 0.1) is 10.5 Å². The second-order valence-electron chi connectivity index (χ2n) is 4.24. The van der Waals surface area contributed by atoms with Crippen molar-refractivity contribution in [2.45, 2.75) is 11.8 Å². The number of sulfonamides is 1. The molecule has 7 heteroatoms. The van der Waals surface area contributed by atoms with E-state index in [2.05, 4.69) is 4.72 Å². The van der Waals surface area contributed by atoms with Crippen LogP contribution in [0.15, 0.2) is 29.2 Å². The van der Waals surface area contributed by atoms with Gasteiger partial charge in [0, 0.05) is 20.3 Å². The lowest BCUT2D eigenvalue weighted by atomic mass is 10.2. The standard InChI is InChI=1S/C12H17NO5S/c1-9(8-18-2)7-13-19(16,17)11-5-3-10(4-6-11)12(14)15/h3-6,9,13H,7-8H2,1-2H3,(H,14,15). The summed E-state index contributed by atoms with van der Waals surface area (Å²) < 4.78 is 31.2. The Hall–Kier alpha value is -1.44. The number of hydrogen-bond donors (Lipinski definition) is 2. The molecule has 0 fully saturated rings. The lowest BCUT2D eigenvalue weighted by Crippen LogP contribution is -2.30. The zero-order valence-corrected chi connectivity index (χ0v) is 11.6. The van der Waals surface area contributed by atoms with Crippen molar-refractivity contribution in [1.82, 2.24) is 4.72 Å². The Morgan fingerprint density at radius 3 is 2.42 bits per heavy atom. The molecule has 0 bridgehead atoms. The Bertz CT molecular complexity index is 524. The molecule has 1 unspecified atom stereocenters. The Morgan fingerprint density at radius 2 is 1.95 bits per heavy atom. The maximum absolute atomic E-state index is 11.9. The number of carboxylic acids is 1. The van der Waals surface area contributed by atoms with Gasteiger partial charge in [-0.3, -0.25) is 0 Å². The van der Waals surface area contributed by atoms with E-state index in [-0.39, 0.29) is 22.9 Å². The summed E-state index contributed by atoms with van der Waals surface area (Å²) in [6.07, 6.45) is 0. The van der Waals surface area contributed by atoms with Crippen LogP contribution in [0.2, 0.25) is 0 Å². The third-order valence-corrected chi connectivity index (χ3v) is 3.92. The van der Waals surface area contributed by atoms with Gasteiger partial charge in [-0.05, 0) is 30.2 Å². The number of methoxy groups -OCH3 is 1. The number of carboxylic acid groups (broad SMARTS) is 1. The summed E-state index contributed by atoms with van der Waals surface area (Å²) in [5, 5.41) is 8.73. The molecule has 0 aliphatic rings. The molecule has 1 aromatic rings. The molecule has 6 nitrogen and oxygen atoms in total. The minimum atomic E-state index is -3.61. The smallest absolute Gasteiger partial charge is 0.335 e. The van der Waals surface area contributed by atoms with E-state index in [9.17, 15) is 13.2 Å². The van der Waals surface area contributed by atoms with Crippen LogP contribution in [-0.4, -0.2) is 39.8 Å². The number of aromatic carboxylic acids is 1. The van der Waals surface area contributed by atoms with E-state index in [1.807, 2.05) is 6.92 Å². The van der Waals surface area contributed by atoms with Gasteiger partial charge in [-0.25, -0.2) is 17.9 Å². The molecule has 0 heterocycles. The molecule has 0 saturated heterocycles. The Balaban J connectivity index is 2.74. The summed E-state index contributed by atoms with van der Waals surface area (Å²) in [4.78, 5) is 10.7. The van der Waals surface area contributed by atoms with Crippen molar-refractivity contribution in [3.8, 4) is 0 Å². The van der Waals surface area contributed by atoms with E-state index in [1.54, 1.807) is 7.11 Å². The third kappa shape index (κ3) is 4.62. The van der Waals surface area contributed by atoms with Crippen molar-refractivity contribution in [1.29, 1.82) is 0 Å². The zero-order valence-electron chi connectivity index (χ0n) is 10.8. The highest BCUT2D eigenvalue weighted by molar-refractivity contribution is 7.89. The Morgan fingerprint density at radius 1 is 1.37 bits per heavy atom. The number of ether oxygens (including phenoxy) is 1. The van der Waals surface area contributed by atoms with Gasteiger partial charge in [0.25, 0.3) is 0 Å². The number of nitrogens with one attached hydrogen (secondary N) is 1. The van der Waals surface area contributed by atoms with Crippen LogP contribution in [0.25, 0.3) is 0 Å². The summed E-state index contributed by atoms with van der Waals surface area (Å²) in [7, 11) is -2.06. The molecule has 0 radical (unpaired) electrons. The van der Waals surface area contributed by atoms with Crippen LogP contribution >= 0.6 is 0 Å². The number of hydrogen-bond acceptors (Lipinski definition) is 4. The molecule has 1 rings (SSSR count). The minimum absolute atomic E-state index is 0.0436. The number of carbonyl (C=O) groups is 1. The maximum atomic E-state index is 11.9. The summed E-state index contributed by atoms with van der Waals surface area (Å²) in [6, 6.07) is 5.06. The van der Waals surface area contributed by atoms with Gasteiger partial charge in [-0.15, -0.1) is 0 Å². The van der Waals surface area contributed by atoms with Gasteiger partial charge in [-0.2, -0.15) is 0 Å².